The van der Waals surface area contributed by atoms with Crippen LogP contribution in [0.15, 0.2) is 12.1 Å². The van der Waals surface area contributed by atoms with Crippen molar-refractivity contribution in [3.8, 4) is 0 Å². The maximum atomic E-state index is 13.8. The highest BCUT2D eigenvalue weighted by molar-refractivity contribution is 6.42. The molecule has 1 aliphatic heterocycles. The first-order valence-electron chi connectivity index (χ1n) is 5.12. The Bertz CT molecular complexity index is 447. The average molecular weight is 278 g/mol. The summed E-state index contributed by atoms with van der Waals surface area (Å²) in [4.78, 5) is 13.5. The van der Waals surface area contributed by atoms with Gasteiger partial charge in [0.25, 0.3) is 5.91 Å². The van der Waals surface area contributed by atoms with Crippen LogP contribution in [0.25, 0.3) is 0 Å². The molecule has 2 rings (SSSR count). The molecule has 0 bridgehead atoms. The summed E-state index contributed by atoms with van der Waals surface area (Å²) in [7, 11) is 0. The molecule has 1 saturated heterocycles. The highest BCUT2D eigenvalue weighted by atomic mass is 35.5. The van der Waals surface area contributed by atoms with E-state index in [1.165, 1.54) is 17.0 Å². The fraction of sp³-hybridized carbons (Fsp3) is 0.364. The fourth-order valence-corrected chi connectivity index (χ4v) is 1.94. The standard InChI is InChI=1S/C11H10Cl2FNO2/c12-8-2-1-7(10(14)9(8)13)11(16)15-3-5-17-6-4-15/h1-2H,3-6H2. The molecule has 0 aliphatic carbocycles. The van der Waals surface area contributed by atoms with Crippen molar-refractivity contribution in [2.75, 3.05) is 26.3 Å². The molecule has 1 aromatic rings. The predicted octanol–water partition coefficient (Wildman–Crippen LogP) is 2.60. The topological polar surface area (TPSA) is 29.5 Å². The van der Waals surface area contributed by atoms with Crippen molar-refractivity contribution >= 4 is 29.1 Å². The van der Waals surface area contributed by atoms with Gasteiger partial charge in [0.1, 0.15) is 0 Å². The summed E-state index contributed by atoms with van der Waals surface area (Å²) in [5.74, 6) is -1.15. The van der Waals surface area contributed by atoms with Crippen molar-refractivity contribution in [2.45, 2.75) is 0 Å². The molecule has 1 aromatic carbocycles. The van der Waals surface area contributed by atoms with Gasteiger partial charge < -0.3 is 9.64 Å². The van der Waals surface area contributed by atoms with Gasteiger partial charge in [-0.25, -0.2) is 4.39 Å². The fourth-order valence-electron chi connectivity index (χ4n) is 1.63. The van der Waals surface area contributed by atoms with Gasteiger partial charge in [-0.2, -0.15) is 0 Å². The van der Waals surface area contributed by atoms with E-state index in [1.54, 1.807) is 0 Å². The first-order chi connectivity index (χ1) is 8.11. The van der Waals surface area contributed by atoms with Gasteiger partial charge >= 0.3 is 0 Å². The number of carbonyl (C=O) groups excluding carboxylic acids is 1. The molecular formula is C11H10Cl2FNO2. The molecule has 3 nitrogen and oxygen atoms in total. The quantitative estimate of drug-likeness (QED) is 0.739. The smallest absolute Gasteiger partial charge is 0.257 e. The van der Waals surface area contributed by atoms with Crippen LogP contribution in [-0.2, 0) is 4.74 Å². The molecule has 0 N–H and O–H groups in total. The van der Waals surface area contributed by atoms with Gasteiger partial charge in [-0.05, 0) is 12.1 Å². The number of hydrogen-bond acceptors (Lipinski definition) is 2. The minimum atomic E-state index is -0.768. The van der Waals surface area contributed by atoms with Gasteiger partial charge in [0.2, 0.25) is 0 Å². The molecular weight excluding hydrogens is 268 g/mol. The normalized spacial score (nSPS) is 16.1. The molecule has 1 fully saturated rings. The summed E-state index contributed by atoms with van der Waals surface area (Å²) < 4.78 is 18.9. The molecule has 92 valence electrons. The van der Waals surface area contributed by atoms with E-state index in [0.29, 0.717) is 26.3 Å². The molecule has 6 heteroatoms. The zero-order chi connectivity index (χ0) is 12.4. The number of benzene rings is 1. The van der Waals surface area contributed by atoms with Gasteiger partial charge in [-0.1, -0.05) is 23.2 Å². The maximum absolute atomic E-state index is 13.8. The summed E-state index contributed by atoms with van der Waals surface area (Å²) in [6, 6.07) is 2.77. The Labute approximate surface area is 108 Å². The van der Waals surface area contributed by atoms with E-state index in [1.807, 2.05) is 0 Å². The molecule has 0 spiro atoms. The second-order valence-corrected chi connectivity index (χ2v) is 4.41. The largest absolute Gasteiger partial charge is 0.378 e. The van der Waals surface area contributed by atoms with E-state index < -0.39 is 5.82 Å². The van der Waals surface area contributed by atoms with E-state index in [9.17, 15) is 9.18 Å². The maximum Gasteiger partial charge on any atom is 0.257 e. The lowest BCUT2D eigenvalue weighted by molar-refractivity contribution is 0.0300. The molecule has 1 heterocycles. The second-order valence-electron chi connectivity index (χ2n) is 3.63. The number of hydrogen-bond donors (Lipinski definition) is 0. The Hall–Kier alpha value is -0.840. The Balaban J connectivity index is 2.27. The highest BCUT2D eigenvalue weighted by Gasteiger charge is 2.23. The predicted molar refractivity (Wildman–Crippen MR) is 63.1 cm³/mol. The van der Waals surface area contributed by atoms with Crippen LogP contribution in [-0.4, -0.2) is 37.1 Å². The Morgan fingerprint density at radius 1 is 1.29 bits per heavy atom. The van der Waals surface area contributed by atoms with Crippen molar-refractivity contribution in [3.05, 3.63) is 33.6 Å². The summed E-state index contributed by atoms with van der Waals surface area (Å²) in [5, 5.41) is -0.117. The van der Waals surface area contributed by atoms with Crippen LogP contribution in [0.1, 0.15) is 10.4 Å². The second kappa shape index (κ2) is 5.21. The summed E-state index contributed by atoms with van der Waals surface area (Å²) in [6.07, 6.45) is 0. The van der Waals surface area contributed by atoms with Crippen LogP contribution in [0.2, 0.25) is 10.0 Å². The molecule has 0 aromatic heterocycles. The Morgan fingerprint density at radius 3 is 2.59 bits per heavy atom. The molecule has 0 atom stereocenters. The lowest BCUT2D eigenvalue weighted by Crippen LogP contribution is -2.41. The van der Waals surface area contributed by atoms with Gasteiger partial charge in [0.15, 0.2) is 5.82 Å². The number of amides is 1. The number of nitrogens with zero attached hydrogens (tertiary/aromatic N) is 1. The SMILES string of the molecule is O=C(c1ccc(Cl)c(Cl)c1F)N1CCOCC1. The van der Waals surface area contributed by atoms with Crippen molar-refractivity contribution in [1.82, 2.24) is 4.90 Å². The first-order valence-corrected chi connectivity index (χ1v) is 5.87. The molecule has 1 aliphatic rings. The van der Waals surface area contributed by atoms with E-state index in [-0.39, 0.29) is 21.5 Å². The summed E-state index contributed by atoms with van der Waals surface area (Å²) in [5.41, 5.74) is -0.0544. The van der Waals surface area contributed by atoms with Crippen LogP contribution >= 0.6 is 23.2 Å². The third-order valence-electron chi connectivity index (χ3n) is 2.56. The van der Waals surface area contributed by atoms with Gasteiger partial charge in [-0.3, -0.25) is 4.79 Å². The average Bonchev–Trinajstić information content (AvgIpc) is 2.36. The van der Waals surface area contributed by atoms with Crippen molar-refractivity contribution in [2.24, 2.45) is 0 Å². The van der Waals surface area contributed by atoms with Crippen molar-refractivity contribution in [1.29, 1.82) is 0 Å². The number of carbonyl (C=O) groups is 1. The zero-order valence-electron chi connectivity index (χ0n) is 8.88. The minimum Gasteiger partial charge on any atom is -0.378 e. The third kappa shape index (κ3) is 2.54. The summed E-state index contributed by atoms with van der Waals surface area (Å²) in [6.45, 7) is 1.85. The molecule has 0 radical (unpaired) electrons. The lowest BCUT2D eigenvalue weighted by atomic mass is 10.1. The van der Waals surface area contributed by atoms with E-state index in [0.717, 1.165) is 0 Å². The zero-order valence-corrected chi connectivity index (χ0v) is 10.4. The first kappa shape index (κ1) is 12.6. The highest BCUT2D eigenvalue weighted by Crippen LogP contribution is 2.27. The molecule has 1 amide bonds. The van der Waals surface area contributed by atoms with E-state index in [4.69, 9.17) is 27.9 Å². The van der Waals surface area contributed by atoms with Gasteiger partial charge in [0.05, 0.1) is 28.8 Å². The minimum absolute atomic E-state index is 0.0544. The van der Waals surface area contributed by atoms with Crippen LogP contribution in [0, 0.1) is 5.82 Å². The Morgan fingerprint density at radius 2 is 1.94 bits per heavy atom. The van der Waals surface area contributed by atoms with Gasteiger partial charge in [-0.15, -0.1) is 0 Å². The third-order valence-corrected chi connectivity index (χ3v) is 3.35. The monoisotopic (exact) mass is 277 g/mol. The van der Waals surface area contributed by atoms with Crippen LogP contribution < -0.4 is 0 Å². The lowest BCUT2D eigenvalue weighted by Gasteiger charge is -2.27. The number of ether oxygens (including phenoxy) is 1. The molecule has 0 unspecified atom stereocenters. The number of morpholine rings is 1. The van der Waals surface area contributed by atoms with Crippen molar-refractivity contribution < 1.29 is 13.9 Å². The van der Waals surface area contributed by atoms with Crippen LogP contribution in [0.5, 0.6) is 0 Å². The van der Waals surface area contributed by atoms with E-state index >= 15 is 0 Å². The number of halogens is 3. The Kier molecular flexibility index (Phi) is 3.86. The van der Waals surface area contributed by atoms with Crippen LogP contribution in [0.4, 0.5) is 4.39 Å². The van der Waals surface area contributed by atoms with Gasteiger partial charge in [0, 0.05) is 13.1 Å². The van der Waals surface area contributed by atoms with Crippen LogP contribution in [0.3, 0.4) is 0 Å². The molecule has 0 saturated carbocycles. The number of rotatable bonds is 1. The molecule has 17 heavy (non-hydrogen) atoms. The summed E-state index contributed by atoms with van der Waals surface area (Å²) >= 11 is 11.3. The van der Waals surface area contributed by atoms with Crippen molar-refractivity contribution in [3.63, 3.8) is 0 Å². The van der Waals surface area contributed by atoms with E-state index in [2.05, 4.69) is 0 Å².